The lowest BCUT2D eigenvalue weighted by Gasteiger charge is -2.34. The van der Waals surface area contributed by atoms with Gasteiger partial charge in [-0.1, -0.05) is 165 Å². The van der Waals surface area contributed by atoms with Gasteiger partial charge in [-0.25, -0.2) is 0 Å². The molecule has 1 aromatic heterocycles. The Hall–Kier alpha value is -5.74. The molecule has 0 fully saturated rings. The van der Waals surface area contributed by atoms with E-state index >= 15 is 0 Å². The van der Waals surface area contributed by atoms with Crippen molar-refractivity contribution >= 4 is 17.1 Å². The van der Waals surface area contributed by atoms with Gasteiger partial charge in [-0.3, -0.25) is 0 Å². The largest absolute Gasteiger partial charge is 0.416 e. The summed E-state index contributed by atoms with van der Waals surface area (Å²) in [5.41, 5.74) is 14.9. The zero-order valence-corrected chi connectivity index (χ0v) is 35.7. The molecule has 6 aromatic carbocycles. The van der Waals surface area contributed by atoms with Crippen LogP contribution >= 0.6 is 0 Å². The van der Waals surface area contributed by atoms with Gasteiger partial charge in [0, 0.05) is 33.6 Å². The zero-order valence-electron chi connectivity index (χ0n) is 35.7. The lowest BCUT2D eigenvalue weighted by molar-refractivity contribution is 0.401. The first-order chi connectivity index (χ1) is 28.8. The molecule has 1 aliphatic rings. The maximum Gasteiger partial charge on any atom is 0.248 e. The second-order valence-corrected chi connectivity index (χ2v) is 17.5. The van der Waals surface area contributed by atoms with Crippen molar-refractivity contribution in [3.63, 3.8) is 0 Å². The Morgan fingerprint density at radius 1 is 0.475 bits per heavy atom. The SMILES string of the molecule is CCCCCCC1(CCCCCC)c2cc(-c3ccc(-c4nnc(-c5ccc(C(C)(C)C)cc5)o4)cc3)ccc2-c2ccc(N(c3ccccc3)c3ccccc3)cc21. The van der Waals surface area contributed by atoms with E-state index in [9.17, 15) is 0 Å². The third-order valence-corrected chi connectivity index (χ3v) is 12.4. The molecule has 4 heteroatoms. The molecule has 0 saturated carbocycles. The van der Waals surface area contributed by atoms with Gasteiger partial charge in [0.25, 0.3) is 0 Å². The van der Waals surface area contributed by atoms with E-state index in [4.69, 9.17) is 4.42 Å². The van der Waals surface area contributed by atoms with Crippen molar-refractivity contribution < 1.29 is 4.42 Å². The van der Waals surface area contributed by atoms with Crippen molar-refractivity contribution in [2.24, 2.45) is 0 Å². The third-order valence-electron chi connectivity index (χ3n) is 12.4. The van der Waals surface area contributed by atoms with Crippen LogP contribution < -0.4 is 4.90 Å². The van der Waals surface area contributed by atoms with E-state index < -0.39 is 0 Å². The normalized spacial score (nSPS) is 13.0. The third kappa shape index (κ3) is 8.41. The summed E-state index contributed by atoms with van der Waals surface area (Å²) in [6.45, 7) is 11.3. The van der Waals surface area contributed by atoms with E-state index in [1.165, 1.54) is 107 Å². The molecule has 1 heterocycles. The average molecular weight is 778 g/mol. The van der Waals surface area contributed by atoms with Crippen LogP contribution in [0.25, 0.3) is 45.2 Å². The monoisotopic (exact) mass is 777 g/mol. The topological polar surface area (TPSA) is 42.2 Å². The molecule has 0 N–H and O–H groups in total. The Morgan fingerprint density at radius 2 is 0.949 bits per heavy atom. The number of unbranched alkanes of at least 4 members (excludes halogenated alkanes) is 6. The Balaban J connectivity index is 1.16. The fourth-order valence-corrected chi connectivity index (χ4v) is 9.15. The number of fused-ring (bicyclic) bond motifs is 3. The summed E-state index contributed by atoms with van der Waals surface area (Å²) >= 11 is 0. The molecule has 0 spiro atoms. The highest BCUT2D eigenvalue weighted by Crippen LogP contribution is 2.56. The van der Waals surface area contributed by atoms with Crippen LogP contribution in [0.4, 0.5) is 17.1 Å². The Kier molecular flexibility index (Phi) is 12.0. The van der Waals surface area contributed by atoms with Gasteiger partial charge in [0.2, 0.25) is 11.8 Å². The van der Waals surface area contributed by atoms with Crippen LogP contribution in [-0.2, 0) is 10.8 Å². The standard InChI is InChI=1S/C55H59N3O/c1-6-8-10-18-36-55(37-19-11-9-7-2)50-38-43(40-24-26-41(27-25-40)52-56-57-53(59-52)42-28-31-44(32-29-42)54(3,4)5)30-34-48(50)49-35-33-47(39-51(49)55)58(45-20-14-12-15-21-45)46-22-16-13-17-23-46/h12-17,20-35,38-39H,6-11,18-19,36-37H2,1-5H3. The van der Waals surface area contributed by atoms with Gasteiger partial charge < -0.3 is 9.32 Å². The van der Waals surface area contributed by atoms with Crippen molar-refractivity contribution in [3.8, 4) is 45.2 Å². The number of aromatic nitrogens is 2. The van der Waals surface area contributed by atoms with Gasteiger partial charge in [0.05, 0.1) is 0 Å². The summed E-state index contributed by atoms with van der Waals surface area (Å²) < 4.78 is 6.22. The first-order valence-corrected chi connectivity index (χ1v) is 22.0. The van der Waals surface area contributed by atoms with Crippen LogP contribution in [-0.4, -0.2) is 10.2 Å². The molecule has 0 amide bonds. The average Bonchev–Trinajstić information content (AvgIpc) is 3.87. The minimum Gasteiger partial charge on any atom is -0.416 e. The van der Waals surface area contributed by atoms with E-state index in [0.29, 0.717) is 11.8 Å². The number of para-hydroxylation sites is 2. The highest BCUT2D eigenvalue weighted by atomic mass is 16.4. The Labute approximate surface area is 352 Å². The summed E-state index contributed by atoms with van der Waals surface area (Å²) in [6, 6.07) is 53.3. The van der Waals surface area contributed by atoms with Gasteiger partial charge in [-0.15, -0.1) is 10.2 Å². The smallest absolute Gasteiger partial charge is 0.248 e. The highest BCUT2D eigenvalue weighted by molar-refractivity contribution is 5.87. The number of anilines is 3. The maximum absolute atomic E-state index is 6.22. The maximum atomic E-state index is 6.22. The molecule has 59 heavy (non-hydrogen) atoms. The number of hydrogen-bond acceptors (Lipinski definition) is 4. The highest BCUT2D eigenvalue weighted by Gasteiger charge is 2.43. The van der Waals surface area contributed by atoms with Crippen molar-refractivity contribution in [1.29, 1.82) is 0 Å². The lowest BCUT2D eigenvalue weighted by Crippen LogP contribution is -2.26. The molecule has 0 saturated heterocycles. The minimum atomic E-state index is -0.0671. The fourth-order valence-electron chi connectivity index (χ4n) is 9.15. The Bertz CT molecular complexity index is 2390. The molecule has 7 aromatic rings. The Morgan fingerprint density at radius 3 is 1.47 bits per heavy atom. The molecule has 0 bridgehead atoms. The molecule has 0 unspecified atom stereocenters. The molecule has 0 aliphatic heterocycles. The van der Waals surface area contributed by atoms with Gasteiger partial charge in [0.1, 0.15) is 0 Å². The fraction of sp³-hybridized carbons (Fsp3) is 0.309. The van der Waals surface area contributed by atoms with E-state index in [0.717, 1.165) is 24.0 Å². The number of benzene rings is 6. The van der Waals surface area contributed by atoms with Crippen molar-refractivity contribution in [3.05, 3.63) is 162 Å². The van der Waals surface area contributed by atoms with E-state index in [-0.39, 0.29) is 10.8 Å². The quantitative estimate of drug-likeness (QED) is 0.0917. The van der Waals surface area contributed by atoms with Crippen LogP contribution in [0.1, 0.15) is 116 Å². The van der Waals surface area contributed by atoms with Crippen molar-refractivity contribution in [2.75, 3.05) is 4.90 Å². The van der Waals surface area contributed by atoms with Gasteiger partial charge in [-0.05, 0) is 124 Å². The number of rotatable bonds is 16. The lowest BCUT2D eigenvalue weighted by atomic mass is 9.70. The van der Waals surface area contributed by atoms with E-state index in [2.05, 4.69) is 195 Å². The van der Waals surface area contributed by atoms with E-state index in [1.54, 1.807) is 0 Å². The van der Waals surface area contributed by atoms with Crippen molar-refractivity contribution in [1.82, 2.24) is 10.2 Å². The molecule has 0 atom stereocenters. The summed E-state index contributed by atoms with van der Waals surface area (Å²) in [5, 5.41) is 8.86. The predicted octanol–water partition coefficient (Wildman–Crippen LogP) is 16.0. The van der Waals surface area contributed by atoms with E-state index in [1.807, 2.05) is 0 Å². The first kappa shape index (κ1) is 40.1. The summed E-state index contributed by atoms with van der Waals surface area (Å²) in [6.07, 6.45) is 12.3. The molecule has 8 rings (SSSR count). The summed E-state index contributed by atoms with van der Waals surface area (Å²) in [7, 11) is 0. The molecule has 1 aliphatic carbocycles. The number of hydrogen-bond donors (Lipinski definition) is 0. The molecule has 0 radical (unpaired) electrons. The van der Waals surface area contributed by atoms with Crippen LogP contribution in [0.3, 0.4) is 0 Å². The minimum absolute atomic E-state index is 0.0671. The number of nitrogens with zero attached hydrogens (tertiary/aromatic N) is 3. The van der Waals surface area contributed by atoms with Gasteiger partial charge in [-0.2, -0.15) is 0 Å². The molecular formula is C55H59N3O. The second kappa shape index (κ2) is 17.6. The first-order valence-electron chi connectivity index (χ1n) is 22.0. The molecule has 300 valence electrons. The summed E-state index contributed by atoms with van der Waals surface area (Å²) in [4.78, 5) is 2.42. The van der Waals surface area contributed by atoms with Crippen LogP contribution in [0.2, 0.25) is 0 Å². The van der Waals surface area contributed by atoms with Crippen LogP contribution in [0, 0.1) is 0 Å². The predicted molar refractivity (Wildman–Crippen MR) is 248 cm³/mol. The van der Waals surface area contributed by atoms with Crippen LogP contribution in [0.5, 0.6) is 0 Å². The van der Waals surface area contributed by atoms with Crippen LogP contribution in [0.15, 0.2) is 150 Å². The zero-order chi connectivity index (χ0) is 40.8. The molecular weight excluding hydrogens is 719 g/mol. The summed E-state index contributed by atoms with van der Waals surface area (Å²) in [5.74, 6) is 1.07. The van der Waals surface area contributed by atoms with Gasteiger partial charge in [0.15, 0.2) is 0 Å². The molecule has 4 nitrogen and oxygen atoms in total. The van der Waals surface area contributed by atoms with Gasteiger partial charge >= 0.3 is 0 Å². The van der Waals surface area contributed by atoms with Crippen molar-refractivity contribution in [2.45, 2.75) is 110 Å². The second-order valence-electron chi connectivity index (χ2n) is 17.5.